The summed E-state index contributed by atoms with van der Waals surface area (Å²) in [5.41, 5.74) is 6.82. The first-order chi connectivity index (χ1) is 10.8. The zero-order valence-electron chi connectivity index (χ0n) is 12.4. The lowest BCUT2D eigenvalue weighted by atomic mass is 10.1. The third-order valence-electron chi connectivity index (χ3n) is 3.74. The molecule has 3 heterocycles. The molecule has 1 fully saturated rings. The van der Waals surface area contributed by atoms with Crippen LogP contribution in [0.5, 0.6) is 0 Å². The number of aliphatic hydroxyl groups is 3. The number of rotatable bonds is 2. The molecular formula is C13H16ClN5O4. The van der Waals surface area contributed by atoms with Crippen LogP contribution in [-0.4, -0.2) is 53.2 Å². The molecule has 23 heavy (non-hydrogen) atoms. The van der Waals surface area contributed by atoms with Crippen LogP contribution in [-0.2, 0) is 4.74 Å². The summed E-state index contributed by atoms with van der Waals surface area (Å²) >= 11 is 6.10. The van der Waals surface area contributed by atoms with Crippen LogP contribution in [0.2, 0.25) is 5.28 Å². The number of nitrogens with zero attached hydrogens (tertiary/aromatic N) is 4. The van der Waals surface area contributed by atoms with Crippen molar-refractivity contribution in [2.75, 3.05) is 5.73 Å². The minimum atomic E-state index is -1.34. The van der Waals surface area contributed by atoms with Crippen LogP contribution in [0.4, 0.5) is 5.82 Å². The van der Waals surface area contributed by atoms with Crippen LogP contribution < -0.4 is 5.73 Å². The Morgan fingerprint density at radius 1 is 1.30 bits per heavy atom. The van der Waals surface area contributed by atoms with Gasteiger partial charge in [-0.25, -0.2) is 15.0 Å². The van der Waals surface area contributed by atoms with E-state index < -0.39 is 24.5 Å². The highest BCUT2D eigenvalue weighted by Crippen LogP contribution is 2.37. The summed E-state index contributed by atoms with van der Waals surface area (Å²) in [5.74, 6) is -0.0129. The SMILES string of the molecule is CC(C)=C(O)[C@H]1O[C@@H](n2c(Cl)nc3c(N)ncnc32)[C@H](O)[C@@H]1O. The molecule has 0 saturated carbocycles. The van der Waals surface area contributed by atoms with Crippen molar-refractivity contribution in [2.45, 2.75) is 38.4 Å². The zero-order valence-corrected chi connectivity index (χ0v) is 13.1. The molecule has 0 bridgehead atoms. The number of ether oxygens (including phenoxy) is 1. The number of aromatic nitrogens is 4. The third kappa shape index (κ3) is 2.41. The predicted octanol–water partition coefficient (Wildman–Crippen LogP) is 0.533. The van der Waals surface area contributed by atoms with Crippen molar-refractivity contribution in [3.8, 4) is 0 Å². The predicted molar refractivity (Wildman–Crippen MR) is 81.7 cm³/mol. The van der Waals surface area contributed by atoms with Crippen molar-refractivity contribution in [3.63, 3.8) is 0 Å². The van der Waals surface area contributed by atoms with Crippen LogP contribution in [0.15, 0.2) is 17.7 Å². The first-order valence-electron chi connectivity index (χ1n) is 6.84. The number of anilines is 1. The molecule has 10 heteroatoms. The Labute approximate surface area is 136 Å². The molecule has 124 valence electrons. The molecule has 2 aromatic rings. The molecule has 9 nitrogen and oxygen atoms in total. The molecule has 3 rings (SSSR count). The van der Waals surface area contributed by atoms with Gasteiger partial charge in [-0.2, -0.15) is 0 Å². The average molecular weight is 342 g/mol. The van der Waals surface area contributed by atoms with Gasteiger partial charge in [0.2, 0.25) is 5.28 Å². The Hall–Kier alpha value is -1.94. The van der Waals surface area contributed by atoms with Crippen molar-refractivity contribution in [2.24, 2.45) is 0 Å². The molecule has 1 aliphatic heterocycles. The van der Waals surface area contributed by atoms with Gasteiger partial charge >= 0.3 is 0 Å². The fourth-order valence-electron chi connectivity index (χ4n) is 2.51. The van der Waals surface area contributed by atoms with Gasteiger partial charge in [0.1, 0.15) is 30.4 Å². The molecule has 1 saturated heterocycles. The summed E-state index contributed by atoms with van der Waals surface area (Å²) < 4.78 is 6.92. The second kappa shape index (κ2) is 5.60. The summed E-state index contributed by atoms with van der Waals surface area (Å²) in [4.78, 5) is 11.9. The van der Waals surface area contributed by atoms with Gasteiger partial charge < -0.3 is 25.8 Å². The van der Waals surface area contributed by atoms with Gasteiger partial charge in [0.25, 0.3) is 0 Å². The number of aliphatic hydroxyl groups excluding tert-OH is 3. The molecule has 0 radical (unpaired) electrons. The Bertz CT molecular complexity index is 788. The van der Waals surface area contributed by atoms with Crippen LogP contribution in [0.25, 0.3) is 11.2 Å². The largest absolute Gasteiger partial charge is 0.510 e. The Balaban J connectivity index is 2.08. The minimum Gasteiger partial charge on any atom is -0.510 e. The van der Waals surface area contributed by atoms with Crippen LogP contribution in [0.3, 0.4) is 0 Å². The summed E-state index contributed by atoms with van der Waals surface area (Å²) in [6, 6.07) is 0. The van der Waals surface area contributed by atoms with E-state index in [0.717, 1.165) is 0 Å². The van der Waals surface area contributed by atoms with Crippen molar-refractivity contribution >= 4 is 28.6 Å². The summed E-state index contributed by atoms with van der Waals surface area (Å²) in [5, 5.41) is 30.5. The Morgan fingerprint density at radius 2 is 2.00 bits per heavy atom. The van der Waals surface area contributed by atoms with E-state index in [1.54, 1.807) is 13.8 Å². The zero-order chi connectivity index (χ0) is 16.9. The first kappa shape index (κ1) is 15.9. The van der Waals surface area contributed by atoms with E-state index in [1.807, 2.05) is 0 Å². The van der Waals surface area contributed by atoms with E-state index >= 15 is 0 Å². The lowest BCUT2D eigenvalue weighted by Crippen LogP contribution is -2.32. The van der Waals surface area contributed by atoms with Crippen molar-refractivity contribution in [3.05, 3.63) is 22.9 Å². The van der Waals surface area contributed by atoms with Crippen molar-refractivity contribution in [1.29, 1.82) is 0 Å². The number of nitrogen functional groups attached to an aromatic ring is 1. The number of hydrogen-bond donors (Lipinski definition) is 4. The highest BCUT2D eigenvalue weighted by molar-refractivity contribution is 6.29. The molecule has 0 spiro atoms. The van der Waals surface area contributed by atoms with Crippen LogP contribution in [0, 0.1) is 0 Å². The van der Waals surface area contributed by atoms with Crippen molar-refractivity contribution in [1.82, 2.24) is 19.5 Å². The van der Waals surface area contributed by atoms with E-state index in [2.05, 4.69) is 15.0 Å². The van der Waals surface area contributed by atoms with Gasteiger partial charge in [-0.1, -0.05) is 0 Å². The Morgan fingerprint density at radius 3 is 2.65 bits per heavy atom. The standard InChI is InChI=1S/C13H16ClN5O4/c1-4(2)6(20)9-7(21)8(22)12(23-9)19-11-5(18-13(19)14)10(15)16-3-17-11/h3,7-9,12,20-22H,1-2H3,(H2,15,16,17)/t7-,8+,9+,12+/m0/s1. The lowest BCUT2D eigenvalue weighted by molar-refractivity contribution is -0.0343. The van der Waals surface area contributed by atoms with E-state index in [1.165, 1.54) is 10.9 Å². The number of nitrogens with two attached hydrogens (primary N) is 1. The summed E-state index contributed by atoms with van der Waals surface area (Å²) in [6.07, 6.45) is -3.60. The van der Waals surface area contributed by atoms with E-state index in [-0.39, 0.29) is 28.0 Å². The molecule has 0 unspecified atom stereocenters. The van der Waals surface area contributed by atoms with Gasteiger partial charge in [-0.05, 0) is 31.0 Å². The number of fused-ring (bicyclic) bond motifs is 1. The topological polar surface area (TPSA) is 140 Å². The maximum atomic E-state index is 10.3. The fourth-order valence-corrected chi connectivity index (χ4v) is 2.77. The molecule has 5 N–H and O–H groups in total. The molecule has 0 aliphatic carbocycles. The average Bonchev–Trinajstić information content (AvgIpc) is 2.97. The molecular weight excluding hydrogens is 326 g/mol. The van der Waals surface area contributed by atoms with Gasteiger partial charge in [0.05, 0.1) is 0 Å². The fraction of sp³-hybridized carbons (Fsp3) is 0.462. The van der Waals surface area contributed by atoms with Gasteiger partial charge in [0, 0.05) is 0 Å². The first-order valence-corrected chi connectivity index (χ1v) is 7.22. The lowest BCUT2D eigenvalue weighted by Gasteiger charge is -2.17. The second-order valence-corrected chi connectivity index (χ2v) is 5.83. The van der Waals surface area contributed by atoms with E-state index in [9.17, 15) is 15.3 Å². The number of allylic oxidation sites excluding steroid dienone is 1. The maximum absolute atomic E-state index is 10.3. The number of halogens is 1. The smallest absolute Gasteiger partial charge is 0.207 e. The summed E-state index contributed by atoms with van der Waals surface area (Å²) in [7, 11) is 0. The van der Waals surface area contributed by atoms with Crippen LogP contribution in [0.1, 0.15) is 20.1 Å². The molecule has 2 aromatic heterocycles. The highest BCUT2D eigenvalue weighted by Gasteiger charge is 2.47. The van der Waals surface area contributed by atoms with Crippen LogP contribution >= 0.6 is 11.6 Å². The normalized spacial score (nSPS) is 27.5. The number of imidazole rings is 1. The van der Waals surface area contributed by atoms with Crippen molar-refractivity contribution < 1.29 is 20.1 Å². The molecule has 4 atom stereocenters. The van der Waals surface area contributed by atoms with Gasteiger partial charge in [-0.15, -0.1) is 0 Å². The second-order valence-electron chi connectivity index (χ2n) is 5.50. The van der Waals surface area contributed by atoms with Gasteiger partial charge in [-0.3, -0.25) is 4.57 Å². The highest BCUT2D eigenvalue weighted by atomic mass is 35.5. The molecule has 0 aromatic carbocycles. The maximum Gasteiger partial charge on any atom is 0.207 e. The summed E-state index contributed by atoms with van der Waals surface area (Å²) in [6.45, 7) is 3.33. The van der Waals surface area contributed by atoms with Gasteiger partial charge in [0.15, 0.2) is 23.2 Å². The quantitative estimate of drug-likeness (QED) is 0.458. The number of hydrogen-bond acceptors (Lipinski definition) is 8. The molecule has 0 amide bonds. The van der Waals surface area contributed by atoms with E-state index in [0.29, 0.717) is 5.57 Å². The Kier molecular flexibility index (Phi) is 3.88. The molecule has 1 aliphatic rings. The van der Waals surface area contributed by atoms with E-state index in [4.69, 9.17) is 22.1 Å². The third-order valence-corrected chi connectivity index (χ3v) is 4.00. The monoisotopic (exact) mass is 341 g/mol. The minimum absolute atomic E-state index is 0.0270.